The van der Waals surface area contributed by atoms with Crippen LogP contribution in [0, 0.1) is 0 Å². The Morgan fingerprint density at radius 2 is 1.80 bits per heavy atom. The first-order chi connectivity index (χ1) is 9.81. The summed E-state index contributed by atoms with van der Waals surface area (Å²) >= 11 is 0. The van der Waals surface area contributed by atoms with Gasteiger partial charge in [-0.15, -0.1) is 0 Å². The third-order valence-corrected chi connectivity index (χ3v) is 4.76. The number of nitrogens with zero attached hydrogens (tertiary/aromatic N) is 4. The zero-order chi connectivity index (χ0) is 13.8. The Morgan fingerprint density at radius 1 is 1.05 bits per heavy atom. The van der Waals surface area contributed by atoms with Crippen molar-refractivity contribution in [1.82, 2.24) is 19.6 Å². The fraction of sp³-hybridized carbons (Fsp3) is 0.800. The molecule has 2 aliphatic rings. The van der Waals surface area contributed by atoms with Gasteiger partial charge in [-0.05, 0) is 51.9 Å². The molecule has 2 fully saturated rings. The summed E-state index contributed by atoms with van der Waals surface area (Å²) in [5.74, 6) is 0. The quantitative estimate of drug-likeness (QED) is 0.904. The average molecular weight is 277 g/mol. The highest BCUT2D eigenvalue weighted by Crippen LogP contribution is 2.20. The van der Waals surface area contributed by atoms with Gasteiger partial charge in [0.05, 0.1) is 18.4 Å². The molecule has 5 heteroatoms. The third-order valence-electron chi connectivity index (χ3n) is 4.76. The Labute approximate surface area is 121 Å². The second kappa shape index (κ2) is 6.59. The molecule has 0 unspecified atom stereocenters. The van der Waals surface area contributed by atoms with Gasteiger partial charge in [-0.3, -0.25) is 4.68 Å². The van der Waals surface area contributed by atoms with Crippen LogP contribution in [-0.2, 0) is 6.54 Å². The zero-order valence-corrected chi connectivity index (χ0v) is 12.4. The first-order valence-electron chi connectivity index (χ1n) is 8.05. The van der Waals surface area contributed by atoms with Crippen LogP contribution in [0.3, 0.4) is 0 Å². The van der Waals surface area contributed by atoms with Crippen LogP contribution >= 0.6 is 0 Å². The maximum absolute atomic E-state index is 5.69. The van der Waals surface area contributed by atoms with Crippen molar-refractivity contribution in [3.8, 4) is 0 Å². The van der Waals surface area contributed by atoms with Crippen LogP contribution in [-0.4, -0.2) is 58.3 Å². The second-order valence-corrected chi connectivity index (χ2v) is 6.21. The summed E-state index contributed by atoms with van der Waals surface area (Å²) < 4.78 is 1.95. The predicted molar refractivity (Wildman–Crippen MR) is 81.5 cm³/mol. The molecule has 2 N–H and O–H groups in total. The summed E-state index contributed by atoms with van der Waals surface area (Å²) in [7, 11) is 0. The van der Waals surface area contributed by atoms with E-state index in [2.05, 4.69) is 14.9 Å². The minimum Gasteiger partial charge on any atom is -0.396 e. The number of piperidine rings is 2. The van der Waals surface area contributed by atoms with Crippen LogP contribution < -0.4 is 5.73 Å². The first kappa shape index (κ1) is 13.9. The summed E-state index contributed by atoms with van der Waals surface area (Å²) in [5, 5.41) is 4.25. The molecule has 112 valence electrons. The highest BCUT2D eigenvalue weighted by atomic mass is 15.3. The number of nitrogens with two attached hydrogens (primary N) is 1. The van der Waals surface area contributed by atoms with Crippen LogP contribution in [0.15, 0.2) is 12.4 Å². The van der Waals surface area contributed by atoms with Gasteiger partial charge in [-0.1, -0.05) is 6.42 Å². The molecule has 0 atom stereocenters. The standard InChI is InChI=1S/C15H27N5/c16-14-12-17-20(13-14)11-10-18-8-4-15(5-9-18)19-6-2-1-3-7-19/h12-13,15H,1-11,16H2. The van der Waals surface area contributed by atoms with E-state index in [4.69, 9.17) is 5.73 Å². The molecular formula is C15H27N5. The van der Waals surface area contributed by atoms with Gasteiger partial charge in [0.1, 0.15) is 0 Å². The number of hydrogen-bond acceptors (Lipinski definition) is 4. The molecule has 0 saturated carbocycles. The fourth-order valence-electron chi connectivity index (χ4n) is 3.54. The van der Waals surface area contributed by atoms with Gasteiger partial charge in [-0.25, -0.2) is 0 Å². The van der Waals surface area contributed by atoms with Gasteiger partial charge in [0.2, 0.25) is 0 Å². The summed E-state index contributed by atoms with van der Waals surface area (Å²) in [5.41, 5.74) is 6.44. The van der Waals surface area contributed by atoms with E-state index >= 15 is 0 Å². The van der Waals surface area contributed by atoms with Crippen LogP contribution in [0.2, 0.25) is 0 Å². The van der Waals surface area contributed by atoms with Crippen molar-refractivity contribution >= 4 is 5.69 Å². The molecule has 2 saturated heterocycles. The maximum Gasteiger partial charge on any atom is 0.0719 e. The van der Waals surface area contributed by atoms with E-state index in [0.717, 1.165) is 24.8 Å². The molecule has 5 nitrogen and oxygen atoms in total. The second-order valence-electron chi connectivity index (χ2n) is 6.21. The maximum atomic E-state index is 5.69. The van der Waals surface area contributed by atoms with E-state index in [1.807, 2.05) is 10.9 Å². The number of anilines is 1. The van der Waals surface area contributed by atoms with Gasteiger partial charge in [0.15, 0.2) is 0 Å². The number of rotatable bonds is 4. The molecule has 0 radical (unpaired) electrons. The monoisotopic (exact) mass is 277 g/mol. The van der Waals surface area contributed by atoms with E-state index in [1.54, 1.807) is 6.20 Å². The molecule has 0 aromatic carbocycles. The number of nitrogen functional groups attached to an aromatic ring is 1. The Hall–Kier alpha value is -1.07. The minimum absolute atomic E-state index is 0.758. The summed E-state index contributed by atoms with van der Waals surface area (Å²) in [6.07, 6.45) is 10.6. The smallest absolute Gasteiger partial charge is 0.0719 e. The molecule has 20 heavy (non-hydrogen) atoms. The summed E-state index contributed by atoms with van der Waals surface area (Å²) in [6.45, 7) is 7.17. The number of aromatic nitrogens is 2. The Kier molecular flexibility index (Phi) is 4.58. The van der Waals surface area contributed by atoms with E-state index in [9.17, 15) is 0 Å². The lowest BCUT2D eigenvalue weighted by atomic mass is 10.00. The summed E-state index contributed by atoms with van der Waals surface area (Å²) in [6, 6.07) is 0.840. The molecule has 2 aliphatic heterocycles. The van der Waals surface area contributed by atoms with E-state index < -0.39 is 0 Å². The van der Waals surface area contributed by atoms with Gasteiger partial charge in [0, 0.05) is 18.8 Å². The highest BCUT2D eigenvalue weighted by Gasteiger charge is 2.25. The molecule has 0 bridgehead atoms. The molecule has 0 spiro atoms. The van der Waals surface area contributed by atoms with Gasteiger partial charge in [0.25, 0.3) is 0 Å². The SMILES string of the molecule is Nc1cnn(CCN2CCC(N3CCCCC3)CC2)c1. The molecule has 3 rings (SSSR count). The number of likely N-dealkylation sites (tertiary alicyclic amines) is 2. The van der Waals surface area contributed by atoms with Crippen LogP contribution in [0.4, 0.5) is 5.69 Å². The van der Waals surface area contributed by atoms with Crippen molar-refractivity contribution in [2.45, 2.75) is 44.7 Å². The van der Waals surface area contributed by atoms with Gasteiger partial charge < -0.3 is 15.5 Å². The largest absolute Gasteiger partial charge is 0.396 e. The Morgan fingerprint density at radius 3 is 2.45 bits per heavy atom. The Balaban J connectivity index is 1.39. The average Bonchev–Trinajstić information content (AvgIpc) is 2.92. The lowest BCUT2D eigenvalue weighted by Crippen LogP contribution is -2.47. The first-order valence-corrected chi connectivity index (χ1v) is 8.05. The van der Waals surface area contributed by atoms with Crippen LogP contribution in [0.5, 0.6) is 0 Å². The van der Waals surface area contributed by atoms with E-state index in [0.29, 0.717) is 0 Å². The molecule has 1 aromatic heterocycles. The number of hydrogen-bond donors (Lipinski definition) is 1. The van der Waals surface area contributed by atoms with Crippen molar-refractivity contribution in [3.63, 3.8) is 0 Å². The van der Waals surface area contributed by atoms with Crippen molar-refractivity contribution in [2.24, 2.45) is 0 Å². The van der Waals surface area contributed by atoms with Crippen molar-refractivity contribution in [3.05, 3.63) is 12.4 Å². The van der Waals surface area contributed by atoms with E-state index in [-0.39, 0.29) is 0 Å². The third kappa shape index (κ3) is 3.52. The van der Waals surface area contributed by atoms with E-state index in [1.165, 1.54) is 58.3 Å². The molecule has 0 amide bonds. The molecular weight excluding hydrogens is 250 g/mol. The zero-order valence-electron chi connectivity index (χ0n) is 12.4. The topological polar surface area (TPSA) is 50.3 Å². The highest BCUT2D eigenvalue weighted by molar-refractivity contribution is 5.30. The van der Waals surface area contributed by atoms with Gasteiger partial charge in [-0.2, -0.15) is 5.10 Å². The molecule has 0 aliphatic carbocycles. The van der Waals surface area contributed by atoms with Crippen molar-refractivity contribution in [2.75, 3.05) is 38.5 Å². The minimum atomic E-state index is 0.758. The summed E-state index contributed by atoms with van der Waals surface area (Å²) in [4.78, 5) is 5.30. The van der Waals surface area contributed by atoms with Crippen molar-refractivity contribution in [1.29, 1.82) is 0 Å². The van der Waals surface area contributed by atoms with Crippen molar-refractivity contribution < 1.29 is 0 Å². The normalized spacial score (nSPS) is 23.2. The molecule has 1 aromatic rings. The van der Waals surface area contributed by atoms with Crippen LogP contribution in [0.25, 0.3) is 0 Å². The van der Waals surface area contributed by atoms with Gasteiger partial charge >= 0.3 is 0 Å². The fourth-order valence-corrected chi connectivity index (χ4v) is 3.54. The Bertz CT molecular complexity index is 402. The molecule has 3 heterocycles. The lowest BCUT2D eigenvalue weighted by Gasteiger charge is -2.40. The van der Waals surface area contributed by atoms with Crippen LogP contribution in [0.1, 0.15) is 32.1 Å². The predicted octanol–water partition coefficient (Wildman–Crippen LogP) is 1.42. The lowest BCUT2D eigenvalue weighted by molar-refractivity contribution is 0.0906.